The molecular formula is C16H22N4O4S. The molecule has 0 spiro atoms. The Hall–Kier alpha value is -2.16. The molecule has 136 valence electrons. The topological polar surface area (TPSA) is 103 Å². The highest BCUT2D eigenvalue weighted by molar-refractivity contribution is 7.91. The van der Waals surface area contributed by atoms with Crippen LogP contribution >= 0.6 is 0 Å². The summed E-state index contributed by atoms with van der Waals surface area (Å²) in [5.74, 6) is -0.143. The Bertz CT molecular complexity index is 877. The number of fused-ring (bicyclic) bond motifs is 1. The van der Waals surface area contributed by atoms with Crippen LogP contribution in [0, 0.1) is 0 Å². The number of esters is 1. The Morgan fingerprint density at radius 1 is 1.32 bits per heavy atom. The van der Waals surface area contributed by atoms with Gasteiger partial charge in [0.15, 0.2) is 5.65 Å². The van der Waals surface area contributed by atoms with E-state index in [1.165, 1.54) is 6.20 Å². The van der Waals surface area contributed by atoms with Crippen LogP contribution in [0.4, 0.5) is 5.69 Å². The fourth-order valence-corrected chi connectivity index (χ4v) is 4.51. The van der Waals surface area contributed by atoms with Crippen molar-refractivity contribution in [2.24, 2.45) is 0 Å². The minimum absolute atomic E-state index is 0.0210. The standard InChI is InChI=1S/C16H22N4O4S/c1-3-20-15-12(10-18-20)14(13(9-17-15)16(21)24-4-2)19-11-5-7-25(22,23)8-6-11/h9-11H,3-8H2,1-2H3,(H,17,19). The van der Waals surface area contributed by atoms with Crippen molar-refractivity contribution in [3.63, 3.8) is 0 Å². The Labute approximate surface area is 146 Å². The molecule has 0 unspecified atom stereocenters. The van der Waals surface area contributed by atoms with Gasteiger partial charge in [-0.05, 0) is 26.7 Å². The smallest absolute Gasteiger partial charge is 0.341 e. The number of ether oxygens (including phenoxy) is 1. The van der Waals surface area contributed by atoms with E-state index in [4.69, 9.17) is 4.74 Å². The van der Waals surface area contributed by atoms with Crippen LogP contribution in [0.25, 0.3) is 11.0 Å². The maximum absolute atomic E-state index is 12.3. The highest BCUT2D eigenvalue weighted by Gasteiger charge is 2.26. The Morgan fingerprint density at radius 2 is 2.04 bits per heavy atom. The molecule has 0 amide bonds. The van der Waals surface area contributed by atoms with Crippen molar-refractivity contribution in [2.75, 3.05) is 23.4 Å². The third-order valence-corrected chi connectivity index (χ3v) is 6.08. The number of nitrogens with zero attached hydrogens (tertiary/aromatic N) is 3. The normalized spacial score (nSPS) is 17.5. The number of pyridine rings is 1. The molecule has 25 heavy (non-hydrogen) atoms. The first-order valence-electron chi connectivity index (χ1n) is 8.43. The fourth-order valence-electron chi connectivity index (χ4n) is 3.02. The van der Waals surface area contributed by atoms with Crippen LogP contribution in [-0.4, -0.2) is 53.3 Å². The van der Waals surface area contributed by atoms with Crippen LogP contribution < -0.4 is 5.32 Å². The van der Waals surface area contributed by atoms with Gasteiger partial charge in [-0.2, -0.15) is 5.10 Å². The fraction of sp³-hybridized carbons (Fsp3) is 0.562. The second kappa shape index (κ2) is 6.99. The van der Waals surface area contributed by atoms with Crippen molar-refractivity contribution in [1.82, 2.24) is 14.8 Å². The zero-order valence-corrected chi connectivity index (χ0v) is 15.2. The van der Waals surface area contributed by atoms with Gasteiger partial charge in [-0.25, -0.2) is 22.9 Å². The number of rotatable bonds is 5. The van der Waals surface area contributed by atoms with Crippen LogP contribution in [0.5, 0.6) is 0 Å². The first-order valence-corrected chi connectivity index (χ1v) is 10.3. The van der Waals surface area contributed by atoms with Gasteiger partial charge in [0.1, 0.15) is 15.4 Å². The van der Waals surface area contributed by atoms with E-state index >= 15 is 0 Å². The quantitative estimate of drug-likeness (QED) is 0.802. The van der Waals surface area contributed by atoms with E-state index in [0.29, 0.717) is 36.3 Å². The van der Waals surface area contributed by atoms with Gasteiger partial charge in [-0.1, -0.05) is 0 Å². The third kappa shape index (κ3) is 3.60. The van der Waals surface area contributed by atoms with E-state index in [0.717, 1.165) is 5.39 Å². The summed E-state index contributed by atoms with van der Waals surface area (Å²) in [7, 11) is -2.95. The maximum Gasteiger partial charge on any atom is 0.341 e. The van der Waals surface area contributed by atoms with Crippen LogP contribution in [-0.2, 0) is 21.1 Å². The lowest BCUT2D eigenvalue weighted by atomic mass is 10.1. The van der Waals surface area contributed by atoms with E-state index < -0.39 is 15.8 Å². The molecule has 2 aromatic heterocycles. The number of aromatic nitrogens is 3. The minimum atomic E-state index is -2.95. The summed E-state index contributed by atoms with van der Waals surface area (Å²) in [6, 6.07) is -0.0210. The number of nitrogens with one attached hydrogen (secondary N) is 1. The van der Waals surface area contributed by atoms with Gasteiger partial charge >= 0.3 is 5.97 Å². The van der Waals surface area contributed by atoms with Crippen molar-refractivity contribution in [1.29, 1.82) is 0 Å². The van der Waals surface area contributed by atoms with E-state index in [1.807, 2.05) is 6.92 Å². The molecule has 0 aliphatic carbocycles. The van der Waals surface area contributed by atoms with Gasteiger partial charge in [0.05, 0.1) is 35.4 Å². The Kier molecular flexibility index (Phi) is 4.94. The summed E-state index contributed by atoms with van der Waals surface area (Å²) in [6.45, 7) is 4.65. The van der Waals surface area contributed by atoms with Gasteiger partial charge in [-0.15, -0.1) is 0 Å². The molecule has 0 radical (unpaired) electrons. The summed E-state index contributed by atoms with van der Waals surface area (Å²) in [6.07, 6.45) is 4.19. The highest BCUT2D eigenvalue weighted by Crippen LogP contribution is 2.29. The lowest BCUT2D eigenvalue weighted by Crippen LogP contribution is -2.32. The summed E-state index contributed by atoms with van der Waals surface area (Å²) < 4.78 is 30.2. The molecule has 0 atom stereocenters. The molecule has 1 saturated heterocycles. The van der Waals surface area contributed by atoms with Crippen LogP contribution in [0.15, 0.2) is 12.4 Å². The molecule has 1 N–H and O–H groups in total. The molecule has 0 bridgehead atoms. The van der Waals surface area contributed by atoms with Crippen molar-refractivity contribution >= 4 is 32.5 Å². The highest BCUT2D eigenvalue weighted by atomic mass is 32.2. The Morgan fingerprint density at radius 3 is 2.68 bits per heavy atom. The van der Waals surface area contributed by atoms with Crippen molar-refractivity contribution in [3.8, 4) is 0 Å². The van der Waals surface area contributed by atoms with Crippen LogP contribution in [0.3, 0.4) is 0 Å². The molecule has 1 fully saturated rings. The predicted octanol–water partition coefficient (Wildman–Crippen LogP) is 1.62. The third-order valence-electron chi connectivity index (χ3n) is 4.36. The number of hydrogen-bond donors (Lipinski definition) is 1. The maximum atomic E-state index is 12.3. The number of hydrogen-bond acceptors (Lipinski definition) is 7. The van der Waals surface area contributed by atoms with Gasteiger partial charge in [0.25, 0.3) is 0 Å². The number of anilines is 1. The van der Waals surface area contributed by atoms with Crippen molar-refractivity contribution in [2.45, 2.75) is 39.3 Å². The molecule has 3 heterocycles. The van der Waals surface area contributed by atoms with E-state index in [9.17, 15) is 13.2 Å². The van der Waals surface area contributed by atoms with Crippen molar-refractivity contribution < 1.29 is 17.9 Å². The first kappa shape index (κ1) is 17.7. The largest absolute Gasteiger partial charge is 0.462 e. The molecular weight excluding hydrogens is 344 g/mol. The second-order valence-electron chi connectivity index (χ2n) is 6.04. The number of sulfone groups is 1. The number of carbonyl (C=O) groups is 1. The molecule has 0 saturated carbocycles. The average molecular weight is 366 g/mol. The molecule has 2 aromatic rings. The number of aryl methyl sites for hydroxylation is 1. The summed E-state index contributed by atoms with van der Waals surface area (Å²) in [4.78, 5) is 16.7. The van der Waals surface area contributed by atoms with E-state index in [2.05, 4.69) is 15.4 Å². The van der Waals surface area contributed by atoms with E-state index in [-0.39, 0.29) is 24.2 Å². The first-order chi connectivity index (χ1) is 11.9. The van der Waals surface area contributed by atoms with Crippen LogP contribution in [0.2, 0.25) is 0 Å². The van der Waals surface area contributed by atoms with Gasteiger partial charge < -0.3 is 10.1 Å². The molecule has 1 aliphatic rings. The minimum Gasteiger partial charge on any atom is -0.462 e. The van der Waals surface area contributed by atoms with Gasteiger partial charge in [0.2, 0.25) is 0 Å². The average Bonchev–Trinajstić information content (AvgIpc) is 3.00. The molecule has 8 nitrogen and oxygen atoms in total. The zero-order chi connectivity index (χ0) is 18.0. The lowest BCUT2D eigenvalue weighted by molar-refractivity contribution is 0.0527. The lowest BCUT2D eigenvalue weighted by Gasteiger charge is -2.25. The van der Waals surface area contributed by atoms with Gasteiger partial charge in [-0.3, -0.25) is 0 Å². The van der Waals surface area contributed by atoms with Crippen molar-refractivity contribution in [3.05, 3.63) is 18.0 Å². The summed E-state index contributed by atoms with van der Waals surface area (Å²) >= 11 is 0. The molecule has 3 rings (SSSR count). The molecule has 9 heteroatoms. The predicted molar refractivity (Wildman–Crippen MR) is 94.5 cm³/mol. The van der Waals surface area contributed by atoms with E-state index in [1.54, 1.807) is 17.8 Å². The number of carbonyl (C=O) groups excluding carboxylic acids is 1. The monoisotopic (exact) mass is 366 g/mol. The summed E-state index contributed by atoms with van der Waals surface area (Å²) in [5, 5.41) is 8.39. The van der Waals surface area contributed by atoms with Crippen LogP contribution in [0.1, 0.15) is 37.0 Å². The van der Waals surface area contributed by atoms with Gasteiger partial charge in [0, 0.05) is 18.8 Å². The molecule has 0 aromatic carbocycles. The SMILES string of the molecule is CCOC(=O)c1cnc2c(cnn2CC)c1NC1CCS(=O)(=O)CC1. The molecule has 1 aliphatic heterocycles. The Balaban J connectivity index is 1.99. The second-order valence-corrected chi connectivity index (χ2v) is 8.34. The summed E-state index contributed by atoms with van der Waals surface area (Å²) in [5.41, 5.74) is 1.65. The zero-order valence-electron chi connectivity index (χ0n) is 14.4.